The number of halogens is 1. The molecule has 0 spiro atoms. The zero-order valence-electron chi connectivity index (χ0n) is 11.0. The van der Waals surface area contributed by atoms with E-state index in [1.165, 1.54) is 4.90 Å². The van der Waals surface area contributed by atoms with Gasteiger partial charge >= 0.3 is 6.09 Å². The van der Waals surface area contributed by atoms with E-state index in [0.717, 1.165) is 11.3 Å². The summed E-state index contributed by atoms with van der Waals surface area (Å²) in [5.74, 6) is 1.20. The second-order valence-corrected chi connectivity index (χ2v) is 5.84. The summed E-state index contributed by atoms with van der Waals surface area (Å²) >= 11 is 7.24. The van der Waals surface area contributed by atoms with E-state index in [1.54, 1.807) is 11.8 Å². The van der Waals surface area contributed by atoms with Crippen LogP contribution in [0.2, 0.25) is 0 Å². The zero-order chi connectivity index (χ0) is 14.4. The number of carbonyl (C=O) groups excluding carboxylic acids is 2. The fourth-order valence-electron chi connectivity index (χ4n) is 1.98. The molecule has 0 saturated carbocycles. The third-order valence-corrected chi connectivity index (χ3v) is 4.36. The number of ether oxygens (including phenoxy) is 1. The summed E-state index contributed by atoms with van der Waals surface area (Å²) in [6.07, 6.45) is -0.447. The van der Waals surface area contributed by atoms with Crippen molar-refractivity contribution in [3.05, 3.63) is 35.9 Å². The number of Topliss-reactive ketones (excluding diaryl/α,β-unsaturated/α-hetero) is 1. The molecule has 0 aromatic heterocycles. The van der Waals surface area contributed by atoms with Gasteiger partial charge in [-0.2, -0.15) is 11.8 Å². The van der Waals surface area contributed by atoms with Crippen molar-refractivity contribution in [1.82, 2.24) is 4.90 Å². The van der Waals surface area contributed by atoms with E-state index in [9.17, 15) is 9.59 Å². The summed E-state index contributed by atoms with van der Waals surface area (Å²) in [7, 11) is 0. The van der Waals surface area contributed by atoms with Gasteiger partial charge in [0.2, 0.25) is 0 Å². The Labute approximate surface area is 127 Å². The van der Waals surface area contributed by atoms with Crippen molar-refractivity contribution < 1.29 is 14.3 Å². The predicted octanol–water partition coefficient (Wildman–Crippen LogP) is 2.55. The molecule has 0 bridgehead atoms. The van der Waals surface area contributed by atoms with E-state index in [0.29, 0.717) is 12.3 Å². The quantitative estimate of drug-likeness (QED) is 0.802. The second kappa shape index (κ2) is 7.55. The van der Waals surface area contributed by atoms with Crippen LogP contribution in [0.3, 0.4) is 0 Å². The molecule has 1 aromatic carbocycles. The van der Waals surface area contributed by atoms with Gasteiger partial charge < -0.3 is 4.74 Å². The number of thioether (sulfide) groups is 1. The maximum absolute atomic E-state index is 12.1. The molecule has 1 amide bonds. The first-order valence-corrected chi connectivity index (χ1v) is 8.05. The maximum Gasteiger partial charge on any atom is 0.410 e. The Hall–Kier alpha value is -1.20. The van der Waals surface area contributed by atoms with Gasteiger partial charge in [0.05, 0.1) is 5.88 Å². The van der Waals surface area contributed by atoms with Crippen molar-refractivity contribution in [3.8, 4) is 0 Å². The number of alkyl halides is 1. The van der Waals surface area contributed by atoms with Gasteiger partial charge in [-0.1, -0.05) is 30.3 Å². The number of hydrogen-bond acceptors (Lipinski definition) is 4. The average molecular weight is 314 g/mol. The summed E-state index contributed by atoms with van der Waals surface area (Å²) < 4.78 is 5.27. The lowest BCUT2D eigenvalue weighted by atomic mass is 10.2. The topological polar surface area (TPSA) is 46.6 Å². The average Bonchev–Trinajstić information content (AvgIpc) is 2.52. The maximum atomic E-state index is 12.1. The van der Waals surface area contributed by atoms with Gasteiger partial charge in [0, 0.05) is 18.1 Å². The van der Waals surface area contributed by atoms with Crippen molar-refractivity contribution in [2.75, 3.05) is 23.9 Å². The molecule has 0 radical (unpaired) electrons. The highest BCUT2D eigenvalue weighted by Crippen LogP contribution is 2.19. The summed E-state index contributed by atoms with van der Waals surface area (Å²) in [4.78, 5) is 25.4. The minimum Gasteiger partial charge on any atom is -0.445 e. The van der Waals surface area contributed by atoms with E-state index < -0.39 is 12.1 Å². The van der Waals surface area contributed by atoms with Crippen LogP contribution in [0.1, 0.15) is 5.56 Å². The number of nitrogens with zero attached hydrogens (tertiary/aromatic N) is 1. The van der Waals surface area contributed by atoms with E-state index >= 15 is 0 Å². The molecule has 1 aliphatic heterocycles. The van der Waals surface area contributed by atoms with Gasteiger partial charge in [0.15, 0.2) is 5.78 Å². The molecule has 0 N–H and O–H groups in total. The molecule has 20 heavy (non-hydrogen) atoms. The molecule has 6 heteroatoms. The standard InChI is InChI=1S/C14H16ClNO3S/c15-8-13(17)12-10-20-7-6-16(12)14(18)19-9-11-4-2-1-3-5-11/h1-5,12H,6-10H2. The molecule has 1 heterocycles. The van der Waals surface area contributed by atoms with Crippen LogP contribution in [0.15, 0.2) is 30.3 Å². The Morgan fingerprint density at radius 3 is 2.80 bits per heavy atom. The lowest BCUT2D eigenvalue weighted by molar-refractivity contribution is -0.120. The minimum atomic E-state index is -0.463. The molecule has 2 rings (SSSR count). The summed E-state index contributed by atoms with van der Waals surface area (Å²) in [6, 6.07) is 9.00. The molecular formula is C14H16ClNO3S. The van der Waals surface area contributed by atoms with Crippen molar-refractivity contribution in [2.24, 2.45) is 0 Å². The molecular weight excluding hydrogens is 298 g/mol. The summed E-state index contributed by atoms with van der Waals surface area (Å²) in [5.41, 5.74) is 0.924. The zero-order valence-corrected chi connectivity index (χ0v) is 12.5. The smallest absolute Gasteiger partial charge is 0.410 e. The van der Waals surface area contributed by atoms with Crippen LogP contribution in [-0.2, 0) is 16.1 Å². The van der Waals surface area contributed by atoms with Crippen molar-refractivity contribution in [1.29, 1.82) is 0 Å². The highest BCUT2D eigenvalue weighted by atomic mass is 35.5. The van der Waals surface area contributed by atoms with E-state index in [1.807, 2.05) is 30.3 Å². The van der Waals surface area contributed by atoms with Gasteiger partial charge in [-0.15, -0.1) is 11.6 Å². The third kappa shape index (κ3) is 3.90. The molecule has 1 saturated heterocycles. The van der Waals surface area contributed by atoms with Gasteiger partial charge in [0.1, 0.15) is 12.6 Å². The number of rotatable bonds is 4. The lowest BCUT2D eigenvalue weighted by Crippen LogP contribution is -2.50. The number of benzene rings is 1. The molecule has 108 valence electrons. The molecule has 0 aliphatic carbocycles. The van der Waals surface area contributed by atoms with Crippen molar-refractivity contribution >= 4 is 35.2 Å². The largest absolute Gasteiger partial charge is 0.445 e. The van der Waals surface area contributed by atoms with E-state index in [-0.39, 0.29) is 18.3 Å². The Bertz CT molecular complexity index is 469. The number of amides is 1. The Morgan fingerprint density at radius 2 is 2.10 bits per heavy atom. The molecule has 4 nitrogen and oxygen atoms in total. The van der Waals surface area contributed by atoms with Crippen LogP contribution in [0.5, 0.6) is 0 Å². The first kappa shape index (κ1) is 15.2. The fraction of sp³-hybridized carbons (Fsp3) is 0.429. The molecule has 1 aliphatic rings. The van der Waals surface area contributed by atoms with Crippen molar-refractivity contribution in [3.63, 3.8) is 0 Å². The lowest BCUT2D eigenvalue weighted by Gasteiger charge is -2.33. The number of ketones is 1. The Morgan fingerprint density at radius 1 is 1.35 bits per heavy atom. The van der Waals surface area contributed by atoms with Crippen LogP contribution in [-0.4, -0.2) is 46.7 Å². The molecule has 1 aromatic rings. The summed E-state index contributed by atoms with van der Waals surface area (Å²) in [6.45, 7) is 0.733. The third-order valence-electron chi connectivity index (χ3n) is 3.07. The fourth-order valence-corrected chi connectivity index (χ4v) is 3.24. The van der Waals surface area contributed by atoms with Crippen LogP contribution in [0.4, 0.5) is 4.79 Å². The van der Waals surface area contributed by atoms with Crippen LogP contribution < -0.4 is 0 Å². The monoisotopic (exact) mass is 313 g/mol. The van der Waals surface area contributed by atoms with E-state index in [4.69, 9.17) is 16.3 Å². The molecule has 1 atom stereocenters. The first-order chi connectivity index (χ1) is 9.72. The normalized spacial score (nSPS) is 18.6. The highest BCUT2D eigenvalue weighted by Gasteiger charge is 2.32. The van der Waals surface area contributed by atoms with E-state index in [2.05, 4.69) is 0 Å². The Kier molecular flexibility index (Phi) is 5.73. The van der Waals surface area contributed by atoms with Gasteiger partial charge in [-0.25, -0.2) is 4.79 Å². The minimum absolute atomic E-state index is 0.0757. The second-order valence-electron chi connectivity index (χ2n) is 4.42. The van der Waals surface area contributed by atoms with Gasteiger partial charge in [-0.3, -0.25) is 9.69 Å². The van der Waals surface area contributed by atoms with Gasteiger partial charge in [0.25, 0.3) is 0 Å². The van der Waals surface area contributed by atoms with Crippen LogP contribution in [0, 0.1) is 0 Å². The molecule has 1 fully saturated rings. The first-order valence-electron chi connectivity index (χ1n) is 6.36. The molecule has 1 unspecified atom stereocenters. The highest BCUT2D eigenvalue weighted by molar-refractivity contribution is 7.99. The SMILES string of the molecule is O=C(CCl)C1CSCCN1C(=O)OCc1ccccc1. The Balaban J connectivity index is 1.94. The van der Waals surface area contributed by atoms with Crippen LogP contribution in [0.25, 0.3) is 0 Å². The van der Waals surface area contributed by atoms with Crippen LogP contribution >= 0.6 is 23.4 Å². The predicted molar refractivity (Wildman–Crippen MR) is 80.2 cm³/mol. The van der Waals surface area contributed by atoms with Crippen molar-refractivity contribution in [2.45, 2.75) is 12.6 Å². The number of carbonyl (C=O) groups is 2. The summed E-state index contributed by atoms with van der Waals surface area (Å²) in [5, 5.41) is 0. The number of hydrogen-bond donors (Lipinski definition) is 0. The van der Waals surface area contributed by atoms with Gasteiger partial charge in [-0.05, 0) is 5.56 Å².